The molecule has 1 N–H and O–H groups in total. The van der Waals surface area contributed by atoms with E-state index in [0.717, 1.165) is 18.5 Å². The van der Waals surface area contributed by atoms with Gasteiger partial charge >= 0.3 is 6.43 Å². The number of pyridine rings is 1. The van der Waals surface area contributed by atoms with Crippen LogP contribution in [0.1, 0.15) is 30.9 Å². The average molecular weight is 365 g/mol. The van der Waals surface area contributed by atoms with Crippen molar-refractivity contribution in [2.75, 3.05) is 5.32 Å². The van der Waals surface area contributed by atoms with Crippen molar-refractivity contribution in [1.29, 1.82) is 0 Å². The van der Waals surface area contributed by atoms with Crippen LogP contribution in [0.2, 0.25) is 5.02 Å². The summed E-state index contributed by atoms with van der Waals surface area (Å²) in [5, 5.41) is 10.7. The fourth-order valence-corrected chi connectivity index (χ4v) is 2.55. The molecule has 1 fully saturated rings. The first-order chi connectivity index (χ1) is 12.1. The van der Waals surface area contributed by atoms with Crippen molar-refractivity contribution in [3.63, 3.8) is 0 Å². The predicted molar refractivity (Wildman–Crippen MR) is 84.1 cm³/mol. The Kier molecular flexibility index (Phi) is 3.79. The summed E-state index contributed by atoms with van der Waals surface area (Å²) in [6.07, 6.45) is 3.46. The highest BCUT2D eigenvalue weighted by Gasteiger charge is 2.46. The average Bonchev–Trinajstić information content (AvgIpc) is 3.20. The van der Waals surface area contributed by atoms with Gasteiger partial charge in [0.2, 0.25) is 5.95 Å². The maximum absolute atomic E-state index is 12.5. The Hall–Kier alpha value is -2.68. The van der Waals surface area contributed by atoms with Gasteiger partial charge in [-0.05, 0) is 25.0 Å². The first kappa shape index (κ1) is 15.8. The molecule has 0 aromatic carbocycles. The van der Waals surface area contributed by atoms with E-state index in [1.54, 1.807) is 18.3 Å². The summed E-state index contributed by atoms with van der Waals surface area (Å²) < 4.78 is 29.8. The first-order valence-electron chi connectivity index (χ1n) is 7.40. The summed E-state index contributed by atoms with van der Waals surface area (Å²) in [6, 6.07) is 3.52. The monoisotopic (exact) mass is 364 g/mol. The first-order valence-corrected chi connectivity index (χ1v) is 7.78. The Balaban J connectivity index is 1.52. The lowest BCUT2D eigenvalue weighted by atomic mass is 10.1. The molecule has 0 unspecified atom stereocenters. The molecule has 0 saturated heterocycles. The molecule has 128 valence electrons. The van der Waals surface area contributed by atoms with E-state index < -0.39 is 12.3 Å². The Morgan fingerprint density at radius 1 is 1.16 bits per heavy atom. The third-order valence-electron chi connectivity index (χ3n) is 3.84. The second-order valence-corrected chi connectivity index (χ2v) is 6.04. The molecule has 1 aliphatic carbocycles. The standard InChI is InChI=1S/C15H11ClF2N6O/c16-9-1-4-19-10(5-9)15(2-3-15)22-14-20-6-8(7-21-14)12-23-24-13(25-12)11(17)18/h1,4-7,11H,2-3H2,(H,20,21,22). The van der Waals surface area contributed by atoms with Crippen LogP contribution in [-0.4, -0.2) is 25.1 Å². The maximum atomic E-state index is 12.5. The molecular weight excluding hydrogens is 354 g/mol. The number of nitrogens with one attached hydrogen (secondary N) is 1. The van der Waals surface area contributed by atoms with Gasteiger partial charge in [0.15, 0.2) is 0 Å². The highest BCUT2D eigenvalue weighted by Crippen LogP contribution is 2.47. The Morgan fingerprint density at radius 3 is 2.52 bits per heavy atom. The Labute approximate surface area is 145 Å². The fourth-order valence-electron chi connectivity index (χ4n) is 2.39. The summed E-state index contributed by atoms with van der Waals surface area (Å²) in [6.45, 7) is 0. The highest BCUT2D eigenvalue weighted by molar-refractivity contribution is 6.30. The summed E-state index contributed by atoms with van der Waals surface area (Å²) in [5.74, 6) is -0.405. The van der Waals surface area contributed by atoms with Crippen molar-refractivity contribution >= 4 is 17.5 Å². The van der Waals surface area contributed by atoms with Gasteiger partial charge in [-0.2, -0.15) is 8.78 Å². The molecule has 3 aromatic heterocycles. The highest BCUT2D eigenvalue weighted by atomic mass is 35.5. The lowest BCUT2D eigenvalue weighted by Gasteiger charge is -2.16. The van der Waals surface area contributed by atoms with Gasteiger partial charge in [0.05, 0.1) is 16.8 Å². The zero-order valence-electron chi connectivity index (χ0n) is 12.7. The smallest absolute Gasteiger partial charge is 0.314 e. The molecule has 1 aliphatic rings. The topological polar surface area (TPSA) is 89.6 Å². The summed E-state index contributed by atoms with van der Waals surface area (Å²) in [7, 11) is 0. The maximum Gasteiger partial charge on any atom is 0.314 e. The van der Waals surface area contributed by atoms with Crippen molar-refractivity contribution in [2.24, 2.45) is 0 Å². The minimum Gasteiger partial charge on any atom is -0.415 e. The molecule has 0 bridgehead atoms. The van der Waals surface area contributed by atoms with E-state index in [9.17, 15) is 8.78 Å². The molecule has 0 spiro atoms. The van der Waals surface area contributed by atoms with Crippen LogP contribution in [0.3, 0.4) is 0 Å². The minimum atomic E-state index is -2.82. The second-order valence-electron chi connectivity index (χ2n) is 5.61. The van der Waals surface area contributed by atoms with E-state index in [1.807, 2.05) is 0 Å². The third-order valence-corrected chi connectivity index (χ3v) is 4.07. The van der Waals surface area contributed by atoms with E-state index in [4.69, 9.17) is 16.0 Å². The molecule has 0 amide bonds. The summed E-state index contributed by atoms with van der Waals surface area (Å²) in [5.41, 5.74) is 0.849. The molecule has 0 atom stereocenters. The van der Waals surface area contributed by atoms with Crippen LogP contribution in [0.15, 0.2) is 35.1 Å². The summed E-state index contributed by atoms with van der Waals surface area (Å²) >= 11 is 6.02. The van der Waals surface area contributed by atoms with Gasteiger partial charge in [-0.3, -0.25) is 4.98 Å². The number of nitrogens with zero attached hydrogens (tertiary/aromatic N) is 5. The van der Waals surface area contributed by atoms with Gasteiger partial charge in [-0.25, -0.2) is 9.97 Å². The summed E-state index contributed by atoms with van der Waals surface area (Å²) in [4.78, 5) is 12.7. The van der Waals surface area contributed by atoms with Crippen molar-refractivity contribution in [3.05, 3.63) is 47.3 Å². The lowest BCUT2D eigenvalue weighted by Crippen LogP contribution is -2.21. The minimum absolute atomic E-state index is 0.0560. The van der Waals surface area contributed by atoms with Gasteiger partial charge in [-0.15, -0.1) is 10.2 Å². The molecule has 1 saturated carbocycles. The van der Waals surface area contributed by atoms with E-state index in [2.05, 4.69) is 30.5 Å². The van der Waals surface area contributed by atoms with Crippen LogP contribution < -0.4 is 5.32 Å². The van der Waals surface area contributed by atoms with Crippen molar-refractivity contribution in [3.8, 4) is 11.5 Å². The predicted octanol–water partition coefficient (Wildman–Crippen LogP) is 3.61. The number of rotatable bonds is 5. The third kappa shape index (κ3) is 3.14. The zero-order valence-corrected chi connectivity index (χ0v) is 13.4. The Morgan fingerprint density at radius 2 is 1.92 bits per heavy atom. The molecule has 25 heavy (non-hydrogen) atoms. The van der Waals surface area contributed by atoms with Crippen LogP contribution in [0.4, 0.5) is 14.7 Å². The number of hydrogen-bond acceptors (Lipinski definition) is 7. The lowest BCUT2D eigenvalue weighted by molar-refractivity contribution is 0.116. The van der Waals surface area contributed by atoms with Crippen LogP contribution >= 0.6 is 11.6 Å². The molecule has 10 heteroatoms. The molecule has 4 rings (SSSR count). The number of halogens is 3. The molecule has 3 heterocycles. The molecule has 0 aliphatic heterocycles. The zero-order chi connectivity index (χ0) is 17.4. The molecule has 3 aromatic rings. The van der Waals surface area contributed by atoms with Gasteiger partial charge < -0.3 is 9.73 Å². The van der Waals surface area contributed by atoms with Crippen molar-refractivity contribution < 1.29 is 13.2 Å². The molecular formula is C15H11ClF2N6O. The normalized spacial score (nSPS) is 15.4. The van der Waals surface area contributed by atoms with Crippen LogP contribution in [0.5, 0.6) is 0 Å². The quantitative estimate of drug-likeness (QED) is 0.739. The number of alkyl halides is 2. The van der Waals surface area contributed by atoms with Gasteiger partial charge in [0.25, 0.3) is 11.8 Å². The van der Waals surface area contributed by atoms with E-state index in [-0.39, 0.29) is 11.4 Å². The number of aromatic nitrogens is 5. The van der Waals surface area contributed by atoms with Crippen LogP contribution in [0, 0.1) is 0 Å². The van der Waals surface area contributed by atoms with E-state index >= 15 is 0 Å². The molecule has 7 nitrogen and oxygen atoms in total. The van der Waals surface area contributed by atoms with E-state index in [1.165, 1.54) is 12.4 Å². The van der Waals surface area contributed by atoms with Gasteiger partial charge in [-0.1, -0.05) is 11.6 Å². The number of anilines is 1. The van der Waals surface area contributed by atoms with Crippen molar-refractivity contribution in [1.82, 2.24) is 25.1 Å². The van der Waals surface area contributed by atoms with Crippen LogP contribution in [-0.2, 0) is 5.54 Å². The van der Waals surface area contributed by atoms with Gasteiger partial charge in [0.1, 0.15) is 0 Å². The largest absolute Gasteiger partial charge is 0.415 e. The van der Waals surface area contributed by atoms with Crippen LogP contribution in [0.25, 0.3) is 11.5 Å². The SMILES string of the molecule is FC(F)c1nnc(-c2cnc(NC3(c4cc(Cl)ccn4)CC3)nc2)o1. The number of hydrogen-bond donors (Lipinski definition) is 1. The Bertz CT molecular complexity index is 897. The van der Waals surface area contributed by atoms with Gasteiger partial charge in [0, 0.05) is 23.6 Å². The van der Waals surface area contributed by atoms with E-state index in [0.29, 0.717) is 16.5 Å². The molecule has 0 radical (unpaired) electrons. The fraction of sp³-hybridized carbons (Fsp3) is 0.267. The van der Waals surface area contributed by atoms with Crippen molar-refractivity contribution in [2.45, 2.75) is 24.8 Å². The second kappa shape index (κ2) is 5.99.